The van der Waals surface area contributed by atoms with Gasteiger partial charge in [0.1, 0.15) is 5.69 Å². The molecule has 96 valence electrons. The predicted octanol–water partition coefficient (Wildman–Crippen LogP) is 2.82. The summed E-state index contributed by atoms with van der Waals surface area (Å²) in [5.74, 6) is -1.62. The van der Waals surface area contributed by atoms with Crippen molar-refractivity contribution in [3.8, 4) is 0 Å². The van der Waals surface area contributed by atoms with Crippen LogP contribution in [0.25, 0.3) is 0 Å². The lowest BCUT2D eigenvalue weighted by atomic mass is 10.2. The van der Waals surface area contributed by atoms with Crippen molar-refractivity contribution in [2.75, 3.05) is 5.32 Å². The van der Waals surface area contributed by atoms with Gasteiger partial charge in [0, 0.05) is 12.5 Å². The fourth-order valence-electron chi connectivity index (χ4n) is 1.14. The summed E-state index contributed by atoms with van der Waals surface area (Å²) >= 11 is 11.3. The van der Waals surface area contributed by atoms with Crippen molar-refractivity contribution in [1.29, 1.82) is 0 Å². The molecule has 1 amide bonds. The number of nitro benzene ring substituents is 1. The summed E-state index contributed by atoms with van der Waals surface area (Å²) in [6, 6.07) is 2.14. The third kappa shape index (κ3) is 3.18. The predicted molar refractivity (Wildman–Crippen MR) is 67.0 cm³/mol. The molecule has 0 saturated carbocycles. The Labute approximate surface area is 112 Å². The number of nitro groups is 1. The first kappa shape index (κ1) is 14.4. The summed E-state index contributed by atoms with van der Waals surface area (Å²) in [6.07, 6.45) is 0.000945. The molecule has 0 radical (unpaired) electrons. The fourth-order valence-corrected chi connectivity index (χ4v) is 1.46. The molecule has 0 saturated heterocycles. The number of halogens is 2. The molecule has 0 atom stereocenters. The molecule has 1 N–H and O–H groups in total. The molecule has 0 bridgehead atoms. The second-order valence-corrected chi connectivity index (χ2v) is 4.09. The molecule has 0 spiro atoms. The highest BCUT2D eigenvalue weighted by molar-refractivity contribution is 6.43. The van der Waals surface area contributed by atoms with E-state index in [1.54, 1.807) is 0 Å². The molecule has 8 heteroatoms. The van der Waals surface area contributed by atoms with Gasteiger partial charge in [-0.25, -0.2) is 0 Å². The van der Waals surface area contributed by atoms with E-state index in [2.05, 4.69) is 5.32 Å². The number of hydrogen-bond acceptors (Lipinski definition) is 4. The Balaban J connectivity index is 3.15. The molecular weight excluding hydrogens is 283 g/mol. The Morgan fingerprint density at radius 3 is 2.39 bits per heavy atom. The van der Waals surface area contributed by atoms with Crippen LogP contribution in [0.4, 0.5) is 11.4 Å². The SMILES string of the molecule is CCC(=O)C(=O)Nc1cc(Cl)c(Cl)cc1[N+](=O)[O-]. The molecule has 0 fully saturated rings. The third-order valence-corrected chi connectivity index (χ3v) is 2.78. The number of rotatable bonds is 4. The van der Waals surface area contributed by atoms with Gasteiger partial charge >= 0.3 is 0 Å². The zero-order chi connectivity index (χ0) is 13.9. The quantitative estimate of drug-likeness (QED) is 0.524. The maximum absolute atomic E-state index is 11.4. The lowest BCUT2D eigenvalue weighted by Crippen LogP contribution is -2.22. The molecule has 0 unspecified atom stereocenters. The van der Waals surface area contributed by atoms with Crippen LogP contribution in [0.15, 0.2) is 12.1 Å². The summed E-state index contributed by atoms with van der Waals surface area (Å²) in [5.41, 5.74) is -0.595. The minimum Gasteiger partial charge on any atom is -0.314 e. The second kappa shape index (κ2) is 5.79. The van der Waals surface area contributed by atoms with Crippen molar-refractivity contribution in [3.63, 3.8) is 0 Å². The number of nitrogens with zero attached hydrogens (tertiary/aromatic N) is 1. The molecule has 0 aliphatic rings. The van der Waals surface area contributed by atoms with Crippen molar-refractivity contribution >= 4 is 46.3 Å². The number of carbonyl (C=O) groups excluding carboxylic acids is 2. The van der Waals surface area contributed by atoms with Crippen LogP contribution in [0, 0.1) is 10.1 Å². The van der Waals surface area contributed by atoms with Crippen LogP contribution in [-0.4, -0.2) is 16.6 Å². The van der Waals surface area contributed by atoms with Gasteiger partial charge in [0.15, 0.2) is 0 Å². The molecule has 1 aromatic carbocycles. The normalized spacial score (nSPS) is 9.94. The summed E-state index contributed by atoms with van der Waals surface area (Å²) in [7, 11) is 0. The maximum Gasteiger partial charge on any atom is 0.294 e. The van der Waals surface area contributed by atoms with E-state index < -0.39 is 22.3 Å². The van der Waals surface area contributed by atoms with Crippen LogP contribution >= 0.6 is 23.2 Å². The van der Waals surface area contributed by atoms with Crippen molar-refractivity contribution < 1.29 is 14.5 Å². The average Bonchev–Trinajstić information content (AvgIpc) is 2.31. The van der Waals surface area contributed by atoms with E-state index in [0.717, 1.165) is 12.1 Å². The average molecular weight is 291 g/mol. The van der Waals surface area contributed by atoms with Crippen molar-refractivity contribution in [1.82, 2.24) is 0 Å². The third-order valence-electron chi connectivity index (χ3n) is 2.06. The first-order valence-electron chi connectivity index (χ1n) is 4.84. The molecule has 0 aliphatic heterocycles. The number of carbonyl (C=O) groups is 2. The zero-order valence-corrected chi connectivity index (χ0v) is 10.7. The first-order chi connectivity index (χ1) is 8.36. The summed E-state index contributed by atoms with van der Waals surface area (Å²) in [4.78, 5) is 32.5. The van der Waals surface area contributed by atoms with Crippen LogP contribution in [0.5, 0.6) is 0 Å². The van der Waals surface area contributed by atoms with Crippen LogP contribution in [0.2, 0.25) is 10.0 Å². The number of nitrogens with one attached hydrogen (secondary N) is 1. The highest BCUT2D eigenvalue weighted by atomic mass is 35.5. The first-order valence-corrected chi connectivity index (χ1v) is 5.60. The summed E-state index contributed by atoms with van der Waals surface area (Å²) in [5, 5.41) is 12.9. The molecule has 0 heterocycles. The van der Waals surface area contributed by atoms with E-state index in [-0.39, 0.29) is 22.2 Å². The van der Waals surface area contributed by atoms with Gasteiger partial charge in [-0.3, -0.25) is 19.7 Å². The van der Waals surface area contributed by atoms with Crippen LogP contribution in [0.1, 0.15) is 13.3 Å². The van der Waals surface area contributed by atoms with Crippen molar-refractivity contribution in [2.24, 2.45) is 0 Å². The van der Waals surface area contributed by atoms with Gasteiger partial charge < -0.3 is 5.32 Å². The van der Waals surface area contributed by atoms with Gasteiger partial charge in [-0.15, -0.1) is 0 Å². The van der Waals surface area contributed by atoms with Crippen LogP contribution in [0.3, 0.4) is 0 Å². The molecular formula is C10H8Cl2N2O4. The highest BCUT2D eigenvalue weighted by Gasteiger charge is 2.21. The highest BCUT2D eigenvalue weighted by Crippen LogP contribution is 2.33. The van der Waals surface area contributed by atoms with Gasteiger partial charge in [-0.1, -0.05) is 30.1 Å². The maximum atomic E-state index is 11.4. The Kier molecular flexibility index (Phi) is 4.63. The molecule has 1 rings (SSSR count). The van der Waals surface area contributed by atoms with E-state index >= 15 is 0 Å². The fraction of sp³-hybridized carbons (Fsp3) is 0.200. The Bertz CT molecular complexity index is 531. The van der Waals surface area contributed by atoms with Crippen molar-refractivity contribution in [2.45, 2.75) is 13.3 Å². The molecule has 18 heavy (non-hydrogen) atoms. The van der Waals surface area contributed by atoms with Gasteiger partial charge in [0.05, 0.1) is 15.0 Å². The smallest absolute Gasteiger partial charge is 0.294 e. The Hall–Kier alpha value is -1.66. The minimum absolute atomic E-state index is 0.000945. The molecule has 6 nitrogen and oxygen atoms in total. The van der Waals surface area contributed by atoms with E-state index in [1.807, 2.05) is 0 Å². The number of benzene rings is 1. The Morgan fingerprint density at radius 1 is 1.33 bits per heavy atom. The van der Waals surface area contributed by atoms with E-state index in [1.165, 1.54) is 6.92 Å². The largest absolute Gasteiger partial charge is 0.314 e. The summed E-state index contributed by atoms with van der Waals surface area (Å²) in [6.45, 7) is 1.51. The molecule has 1 aromatic rings. The van der Waals surface area contributed by atoms with Gasteiger partial charge in [-0.05, 0) is 6.07 Å². The van der Waals surface area contributed by atoms with Gasteiger partial charge in [0.25, 0.3) is 11.6 Å². The number of amides is 1. The summed E-state index contributed by atoms with van der Waals surface area (Å²) < 4.78 is 0. The topological polar surface area (TPSA) is 89.3 Å². The van der Waals surface area contributed by atoms with E-state index in [4.69, 9.17) is 23.2 Å². The monoisotopic (exact) mass is 290 g/mol. The van der Waals surface area contributed by atoms with Gasteiger partial charge in [-0.2, -0.15) is 0 Å². The van der Waals surface area contributed by atoms with Crippen LogP contribution < -0.4 is 5.32 Å². The minimum atomic E-state index is -0.931. The van der Waals surface area contributed by atoms with E-state index in [0.29, 0.717) is 0 Å². The standard InChI is InChI=1S/C10H8Cl2N2O4/c1-2-9(15)10(16)13-7-3-5(11)6(12)4-8(7)14(17)18/h3-4H,2H2,1H3,(H,13,16). The zero-order valence-electron chi connectivity index (χ0n) is 9.20. The number of ketones is 1. The lowest BCUT2D eigenvalue weighted by Gasteiger charge is -2.06. The Morgan fingerprint density at radius 2 is 1.89 bits per heavy atom. The number of anilines is 1. The van der Waals surface area contributed by atoms with E-state index in [9.17, 15) is 19.7 Å². The molecule has 0 aliphatic carbocycles. The molecule has 0 aromatic heterocycles. The van der Waals surface area contributed by atoms with Gasteiger partial charge in [0.2, 0.25) is 5.78 Å². The number of Topliss-reactive ketones (excluding diaryl/α,β-unsaturated/α-hetero) is 1. The number of hydrogen-bond donors (Lipinski definition) is 1. The lowest BCUT2D eigenvalue weighted by molar-refractivity contribution is -0.383. The van der Waals surface area contributed by atoms with Crippen LogP contribution in [-0.2, 0) is 9.59 Å². The second-order valence-electron chi connectivity index (χ2n) is 3.27. The van der Waals surface area contributed by atoms with Crippen molar-refractivity contribution in [3.05, 3.63) is 32.3 Å².